The van der Waals surface area contributed by atoms with Gasteiger partial charge in [-0.3, -0.25) is 4.79 Å². The van der Waals surface area contributed by atoms with E-state index in [1.54, 1.807) is 7.11 Å². The van der Waals surface area contributed by atoms with Crippen molar-refractivity contribution in [2.75, 3.05) is 19.0 Å². The van der Waals surface area contributed by atoms with E-state index in [1.165, 1.54) is 0 Å². The van der Waals surface area contributed by atoms with E-state index in [4.69, 9.17) is 10.5 Å². The number of ether oxygens (including phenoxy) is 1. The summed E-state index contributed by atoms with van der Waals surface area (Å²) in [6.07, 6.45) is 1.17. The zero-order valence-electron chi connectivity index (χ0n) is 10.7. The van der Waals surface area contributed by atoms with Crippen LogP contribution in [0.1, 0.15) is 24.0 Å². The first-order valence-corrected chi connectivity index (χ1v) is 5.74. The maximum Gasteiger partial charge on any atom is 0.224 e. The summed E-state index contributed by atoms with van der Waals surface area (Å²) in [6, 6.07) is 3.72. The number of hydrogen-bond acceptors (Lipinski definition) is 3. The molecule has 0 saturated carbocycles. The third-order valence-electron chi connectivity index (χ3n) is 2.84. The quantitative estimate of drug-likeness (QED) is 0.821. The Bertz CT molecular complexity index is 403. The topological polar surface area (TPSA) is 64.3 Å². The number of carbonyl (C=O) groups excluding carboxylic acids is 1. The number of methoxy groups -OCH3 is 1. The molecule has 0 aliphatic heterocycles. The van der Waals surface area contributed by atoms with Crippen LogP contribution in [0.5, 0.6) is 5.75 Å². The summed E-state index contributed by atoms with van der Waals surface area (Å²) in [4.78, 5) is 11.6. The fourth-order valence-electron chi connectivity index (χ4n) is 1.63. The van der Waals surface area contributed by atoms with Gasteiger partial charge in [0.15, 0.2) is 0 Å². The second-order valence-corrected chi connectivity index (χ2v) is 4.01. The molecule has 0 aromatic heterocycles. The van der Waals surface area contributed by atoms with Gasteiger partial charge in [-0.05, 0) is 50.1 Å². The summed E-state index contributed by atoms with van der Waals surface area (Å²) >= 11 is 0. The van der Waals surface area contributed by atoms with Gasteiger partial charge in [0.05, 0.1) is 7.11 Å². The number of hydrogen-bond donors (Lipinski definition) is 2. The average molecular weight is 236 g/mol. The lowest BCUT2D eigenvalue weighted by atomic mass is 10.1. The van der Waals surface area contributed by atoms with Crippen LogP contribution in [-0.4, -0.2) is 19.6 Å². The minimum Gasteiger partial charge on any atom is -0.496 e. The van der Waals surface area contributed by atoms with Gasteiger partial charge in [-0.1, -0.05) is 0 Å². The predicted octanol–water partition coefficient (Wildman–Crippen LogP) is 1.99. The predicted molar refractivity (Wildman–Crippen MR) is 69.4 cm³/mol. The van der Waals surface area contributed by atoms with E-state index < -0.39 is 0 Å². The van der Waals surface area contributed by atoms with Crippen molar-refractivity contribution in [3.63, 3.8) is 0 Å². The number of benzene rings is 1. The van der Waals surface area contributed by atoms with Crippen molar-refractivity contribution in [1.29, 1.82) is 0 Å². The van der Waals surface area contributed by atoms with Gasteiger partial charge in [0.2, 0.25) is 5.91 Å². The van der Waals surface area contributed by atoms with Gasteiger partial charge in [0, 0.05) is 12.1 Å². The number of rotatable bonds is 5. The number of nitrogens with two attached hydrogens (primary N) is 1. The third kappa shape index (κ3) is 3.46. The van der Waals surface area contributed by atoms with Gasteiger partial charge in [-0.2, -0.15) is 0 Å². The van der Waals surface area contributed by atoms with E-state index in [1.807, 2.05) is 26.0 Å². The number of anilines is 1. The molecular weight excluding hydrogens is 216 g/mol. The molecule has 0 atom stereocenters. The van der Waals surface area contributed by atoms with Crippen LogP contribution in [0.2, 0.25) is 0 Å². The van der Waals surface area contributed by atoms with Gasteiger partial charge < -0.3 is 15.8 Å². The largest absolute Gasteiger partial charge is 0.496 e. The molecule has 0 radical (unpaired) electrons. The Labute approximate surface area is 102 Å². The Morgan fingerprint density at radius 3 is 2.65 bits per heavy atom. The molecule has 4 nitrogen and oxygen atoms in total. The summed E-state index contributed by atoms with van der Waals surface area (Å²) in [5, 5.41) is 2.89. The van der Waals surface area contributed by atoms with Crippen molar-refractivity contribution in [3.8, 4) is 5.75 Å². The van der Waals surface area contributed by atoms with Crippen molar-refractivity contribution in [2.45, 2.75) is 26.7 Å². The number of nitrogens with one attached hydrogen (secondary N) is 1. The van der Waals surface area contributed by atoms with Gasteiger partial charge >= 0.3 is 0 Å². The lowest BCUT2D eigenvalue weighted by Crippen LogP contribution is -2.14. The highest BCUT2D eigenvalue weighted by Gasteiger charge is 2.08. The second-order valence-electron chi connectivity index (χ2n) is 4.01. The van der Waals surface area contributed by atoms with Crippen LogP contribution in [-0.2, 0) is 4.79 Å². The SMILES string of the molecule is COc1ccc(NC(=O)CCCN)c(C)c1C. The minimum absolute atomic E-state index is 0.00289. The molecule has 0 heterocycles. The molecule has 0 spiro atoms. The van der Waals surface area contributed by atoms with E-state index in [0.29, 0.717) is 19.4 Å². The maximum absolute atomic E-state index is 11.6. The molecule has 0 saturated heterocycles. The smallest absolute Gasteiger partial charge is 0.224 e. The van der Waals surface area contributed by atoms with Crippen LogP contribution in [0.15, 0.2) is 12.1 Å². The molecule has 1 aromatic rings. The summed E-state index contributed by atoms with van der Waals surface area (Å²) in [5.41, 5.74) is 8.28. The first kappa shape index (κ1) is 13.5. The highest BCUT2D eigenvalue weighted by molar-refractivity contribution is 5.91. The molecule has 3 N–H and O–H groups in total. The number of amides is 1. The molecule has 1 rings (SSSR count). The molecule has 0 bridgehead atoms. The zero-order chi connectivity index (χ0) is 12.8. The highest BCUT2D eigenvalue weighted by atomic mass is 16.5. The first-order valence-electron chi connectivity index (χ1n) is 5.74. The first-order chi connectivity index (χ1) is 8.10. The summed E-state index contributed by atoms with van der Waals surface area (Å²) in [5.74, 6) is 0.838. The molecule has 0 fully saturated rings. The average Bonchev–Trinajstić information content (AvgIpc) is 2.33. The lowest BCUT2D eigenvalue weighted by molar-refractivity contribution is -0.116. The van der Waals surface area contributed by atoms with E-state index in [2.05, 4.69) is 5.32 Å². The molecule has 1 amide bonds. The van der Waals surface area contributed by atoms with E-state index in [9.17, 15) is 4.79 Å². The van der Waals surface area contributed by atoms with Crippen LogP contribution in [0.3, 0.4) is 0 Å². The lowest BCUT2D eigenvalue weighted by Gasteiger charge is -2.13. The van der Waals surface area contributed by atoms with Crippen LogP contribution in [0, 0.1) is 13.8 Å². The molecule has 94 valence electrons. The summed E-state index contributed by atoms with van der Waals surface area (Å²) in [6.45, 7) is 4.48. The third-order valence-corrected chi connectivity index (χ3v) is 2.84. The molecule has 0 unspecified atom stereocenters. The van der Waals surface area contributed by atoms with Crippen molar-refractivity contribution in [1.82, 2.24) is 0 Å². The fraction of sp³-hybridized carbons (Fsp3) is 0.462. The van der Waals surface area contributed by atoms with E-state index in [0.717, 1.165) is 22.6 Å². The molecule has 4 heteroatoms. The minimum atomic E-state index is 0.00289. The van der Waals surface area contributed by atoms with Crippen LogP contribution in [0.25, 0.3) is 0 Å². The maximum atomic E-state index is 11.6. The highest BCUT2D eigenvalue weighted by Crippen LogP contribution is 2.27. The van der Waals surface area contributed by atoms with Crippen LogP contribution < -0.4 is 15.8 Å². The van der Waals surface area contributed by atoms with Crippen molar-refractivity contribution >= 4 is 11.6 Å². The Balaban J connectivity index is 2.79. The monoisotopic (exact) mass is 236 g/mol. The zero-order valence-corrected chi connectivity index (χ0v) is 10.7. The Morgan fingerprint density at radius 2 is 2.06 bits per heavy atom. The van der Waals surface area contributed by atoms with Gasteiger partial charge in [0.25, 0.3) is 0 Å². The van der Waals surface area contributed by atoms with Gasteiger partial charge in [-0.15, -0.1) is 0 Å². The fourth-order valence-corrected chi connectivity index (χ4v) is 1.63. The molecule has 17 heavy (non-hydrogen) atoms. The Morgan fingerprint density at radius 1 is 1.35 bits per heavy atom. The normalized spacial score (nSPS) is 10.1. The molecule has 1 aromatic carbocycles. The number of carbonyl (C=O) groups is 1. The van der Waals surface area contributed by atoms with Gasteiger partial charge in [0.1, 0.15) is 5.75 Å². The van der Waals surface area contributed by atoms with Crippen molar-refractivity contribution < 1.29 is 9.53 Å². The summed E-state index contributed by atoms with van der Waals surface area (Å²) in [7, 11) is 1.64. The molecule has 0 aliphatic carbocycles. The van der Waals surface area contributed by atoms with E-state index >= 15 is 0 Å². The van der Waals surface area contributed by atoms with Gasteiger partial charge in [-0.25, -0.2) is 0 Å². The second kappa shape index (κ2) is 6.25. The van der Waals surface area contributed by atoms with E-state index in [-0.39, 0.29) is 5.91 Å². The Kier molecular flexibility index (Phi) is 4.97. The standard InChI is InChI=1S/C13H20N2O2/c1-9-10(2)12(17-3)7-6-11(9)15-13(16)5-4-8-14/h6-7H,4-5,8,14H2,1-3H3,(H,15,16). The molecule has 0 aliphatic rings. The summed E-state index contributed by atoms with van der Waals surface area (Å²) < 4.78 is 5.22. The Hall–Kier alpha value is -1.55. The van der Waals surface area contributed by atoms with Crippen molar-refractivity contribution in [3.05, 3.63) is 23.3 Å². The van der Waals surface area contributed by atoms with Crippen LogP contribution >= 0.6 is 0 Å². The van der Waals surface area contributed by atoms with Crippen molar-refractivity contribution in [2.24, 2.45) is 5.73 Å². The van der Waals surface area contributed by atoms with Crippen LogP contribution in [0.4, 0.5) is 5.69 Å². The molecular formula is C13H20N2O2.